The van der Waals surface area contributed by atoms with E-state index in [-0.39, 0.29) is 0 Å². The monoisotopic (exact) mass is 505 g/mol. The zero-order valence-corrected chi connectivity index (χ0v) is 18.2. The Morgan fingerprint density at radius 1 is 0.971 bits per heavy atom. The standard InChI is InChI=1S/C24H13ClF5N3O2/c25-15-8-6-14(7-9-15)20-17(13-4-2-1-3-5-13)12-33(32-20)22(34)31-16-10-18-21(19(26)11-16)35-24(29,30)23(18,27)28/h1-12H,(H,31,34). The van der Waals surface area contributed by atoms with Gasteiger partial charge in [0.05, 0.1) is 5.56 Å². The molecule has 0 saturated heterocycles. The van der Waals surface area contributed by atoms with Gasteiger partial charge in [-0.15, -0.1) is 0 Å². The molecule has 0 radical (unpaired) electrons. The van der Waals surface area contributed by atoms with Gasteiger partial charge in [-0.3, -0.25) is 0 Å². The fourth-order valence-electron chi connectivity index (χ4n) is 3.66. The van der Waals surface area contributed by atoms with Crippen LogP contribution in [-0.2, 0) is 5.92 Å². The molecular formula is C24H13ClF5N3O2. The summed E-state index contributed by atoms with van der Waals surface area (Å²) >= 11 is 5.96. The zero-order valence-electron chi connectivity index (χ0n) is 17.4. The van der Waals surface area contributed by atoms with Gasteiger partial charge in [0, 0.05) is 34.1 Å². The second-order valence-corrected chi connectivity index (χ2v) is 8.10. The molecule has 178 valence electrons. The lowest BCUT2D eigenvalue weighted by molar-refractivity contribution is -0.296. The molecule has 4 aromatic rings. The van der Waals surface area contributed by atoms with E-state index in [1.165, 1.54) is 6.20 Å². The first-order chi connectivity index (χ1) is 16.6. The van der Waals surface area contributed by atoms with Crippen LogP contribution in [0.5, 0.6) is 5.75 Å². The molecule has 0 saturated carbocycles. The van der Waals surface area contributed by atoms with Gasteiger partial charge in [-0.05, 0) is 23.8 Å². The highest BCUT2D eigenvalue weighted by atomic mass is 35.5. The van der Waals surface area contributed by atoms with Crippen molar-refractivity contribution in [2.75, 3.05) is 5.32 Å². The van der Waals surface area contributed by atoms with E-state index in [9.17, 15) is 26.7 Å². The third-order valence-corrected chi connectivity index (χ3v) is 5.61. The summed E-state index contributed by atoms with van der Waals surface area (Å²) in [5.74, 6) is -7.52. The topological polar surface area (TPSA) is 56.1 Å². The number of hydrogen-bond acceptors (Lipinski definition) is 3. The first-order valence-corrected chi connectivity index (χ1v) is 10.5. The molecule has 5 nitrogen and oxygen atoms in total. The summed E-state index contributed by atoms with van der Waals surface area (Å²) in [7, 11) is 0. The maximum Gasteiger partial charge on any atom is 0.469 e. The minimum absolute atomic E-state index is 0.419. The molecule has 11 heteroatoms. The maximum atomic E-state index is 14.3. The summed E-state index contributed by atoms with van der Waals surface area (Å²) in [6.07, 6.45) is -3.51. The van der Waals surface area contributed by atoms with Crippen molar-refractivity contribution in [3.05, 3.63) is 89.3 Å². The van der Waals surface area contributed by atoms with E-state index < -0.39 is 40.9 Å². The number of hydrogen-bond donors (Lipinski definition) is 1. The normalized spacial score (nSPS) is 15.4. The molecule has 0 unspecified atom stereocenters. The number of nitrogens with zero attached hydrogens (tertiary/aromatic N) is 2. The Balaban J connectivity index is 1.52. The summed E-state index contributed by atoms with van der Waals surface area (Å²) in [5, 5.41) is 7.01. The van der Waals surface area contributed by atoms with E-state index in [2.05, 4.69) is 15.2 Å². The van der Waals surface area contributed by atoms with Crippen LogP contribution >= 0.6 is 11.6 Å². The number of nitrogens with one attached hydrogen (secondary N) is 1. The number of anilines is 1. The van der Waals surface area contributed by atoms with Gasteiger partial charge in [0.15, 0.2) is 11.6 Å². The Morgan fingerprint density at radius 3 is 2.34 bits per heavy atom. The van der Waals surface area contributed by atoms with Crippen LogP contribution in [-0.4, -0.2) is 21.9 Å². The Morgan fingerprint density at radius 2 is 1.66 bits per heavy atom. The van der Waals surface area contributed by atoms with Crippen molar-refractivity contribution >= 4 is 23.3 Å². The predicted octanol–water partition coefficient (Wildman–Crippen LogP) is 7.17. The van der Waals surface area contributed by atoms with Gasteiger partial charge in [0.2, 0.25) is 0 Å². The Labute approximate surface area is 199 Å². The molecule has 1 aromatic heterocycles. The number of alkyl halides is 4. The van der Waals surface area contributed by atoms with Gasteiger partial charge < -0.3 is 10.1 Å². The summed E-state index contributed by atoms with van der Waals surface area (Å²) in [6.45, 7) is 0. The molecule has 3 aromatic carbocycles. The smallest absolute Gasteiger partial charge is 0.424 e. The second kappa shape index (κ2) is 8.09. The van der Waals surface area contributed by atoms with Crippen molar-refractivity contribution in [2.45, 2.75) is 12.0 Å². The molecule has 1 aliphatic rings. The third-order valence-electron chi connectivity index (χ3n) is 5.35. The fraction of sp³-hybridized carbons (Fsp3) is 0.0833. The van der Waals surface area contributed by atoms with Crippen molar-refractivity contribution < 1.29 is 31.5 Å². The van der Waals surface area contributed by atoms with Crippen LogP contribution in [0.3, 0.4) is 0 Å². The average molecular weight is 506 g/mol. The minimum Gasteiger partial charge on any atom is -0.424 e. The molecule has 5 rings (SSSR count). The van der Waals surface area contributed by atoms with Gasteiger partial charge in [-0.1, -0.05) is 54.1 Å². The number of ether oxygens (including phenoxy) is 1. The van der Waals surface area contributed by atoms with E-state index in [0.29, 0.717) is 34.0 Å². The van der Waals surface area contributed by atoms with Crippen LogP contribution < -0.4 is 10.1 Å². The quantitative estimate of drug-likeness (QED) is 0.300. The predicted molar refractivity (Wildman–Crippen MR) is 118 cm³/mol. The highest BCUT2D eigenvalue weighted by Gasteiger charge is 2.67. The Kier molecular flexibility index (Phi) is 5.28. The molecule has 0 fully saturated rings. The number of amides is 1. The van der Waals surface area contributed by atoms with E-state index in [4.69, 9.17) is 11.6 Å². The molecule has 0 atom stereocenters. The number of benzene rings is 3. The molecule has 0 aliphatic carbocycles. The number of carbonyl (C=O) groups excluding carboxylic acids is 1. The van der Waals surface area contributed by atoms with Gasteiger partial charge >= 0.3 is 18.1 Å². The zero-order chi connectivity index (χ0) is 25.0. The number of aromatic nitrogens is 2. The first-order valence-electron chi connectivity index (χ1n) is 10.1. The van der Waals surface area contributed by atoms with Crippen molar-refractivity contribution in [1.29, 1.82) is 0 Å². The Bertz CT molecular complexity index is 1440. The third kappa shape index (κ3) is 3.89. The lowest BCUT2D eigenvalue weighted by Gasteiger charge is -2.16. The van der Waals surface area contributed by atoms with Crippen LogP contribution in [0.4, 0.5) is 32.4 Å². The number of rotatable bonds is 3. The molecular weight excluding hydrogens is 493 g/mol. The number of carbonyl (C=O) groups is 1. The van der Waals surface area contributed by atoms with Crippen molar-refractivity contribution in [2.24, 2.45) is 0 Å². The summed E-state index contributed by atoms with van der Waals surface area (Å²) < 4.78 is 74.0. The molecule has 0 bridgehead atoms. The highest BCUT2D eigenvalue weighted by molar-refractivity contribution is 6.30. The van der Waals surface area contributed by atoms with Crippen LogP contribution in [0.15, 0.2) is 72.9 Å². The van der Waals surface area contributed by atoms with Crippen molar-refractivity contribution in [3.63, 3.8) is 0 Å². The second-order valence-electron chi connectivity index (χ2n) is 7.67. The van der Waals surface area contributed by atoms with Crippen LogP contribution in [0.1, 0.15) is 5.56 Å². The summed E-state index contributed by atoms with van der Waals surface area (Å²) in [4.78, 5) is 12.9. The molecule has 35 heavy (non-hydrogen) atoms. The van der Waals surface area contributed by atoms with Gasteiger partial charge in [-0.25, -0.2) is 9.18 Å². The fourth-order valence-corrected chi connectivity index (χ4v) is 3.79. The van der Waals surface area contributed by atoms with Crippen molar-refractivity contribution in [1.82, 2.24) is 9.78 Å². The molecule has 2 heterocycles. The highest BCUT2D eigenvalue weighted by Crippen LogP contribution is 2.54. The van der Waals surface area contributed by atoms with Crippen molar-refractivity contribution in [3.8, 4) is 28.1 Å². The summed E-state index contributed by atoms with van der Waals surface area (Å²) in [5.41, 5.74) is 0.522. The van der Waals surface area contributed by atoms with Crippen LogP contribution in [0.25, 0.3) is 22.4 Å². The van der Waals surface area contributed by atoms with Crippen LogP contribution in [0.2, 0.25) is 5.02 Å². The SMILES string of the molecule is O=C(Nc1cc(F)c2c(c1)C(F)(F)C(F)(F)O2)n1cc(-c2ccccc2)c(-c2ccc(Cl)cc2)n1. The molecule has 1 aliphatic heterocycles. The first kappa shape index (κ1) is 22.9. The maximum absolute atomic E-state index is 14.3. The summed E-state index contributed by atoms with van der Waals surface area (Å²) in [6, 6.07) is 15.9. The lowest BCUT2D eigenvalue weighted by Crippen LogP contribution is -2.37. The average Bonchev–Trinajstić information content (AvgIpc) is 3.34. The minimum atomic E-state index is -4.92. The van der Waals surface area contributed by atoms with E-state index in [1.807, 2.05) is 6.07 Å². The molecule has 1 N–H and O–H groups in total. The Hall–Kier alpha value is -3.92. The van der Waals surface area contributed by atoms with E-state index >= 15 is 0 Å². The number of halogens is 6. The largest absolute Gasteiger partial charge is 0.469 e. The van der Waals surface area contributed by atoms with Gasteiger partial charge in [0.1, 0.15) is 5.69 Å². The van der Waals surface area contributed by atoms with E-state index in [1.54, 1.807) is 48.5 Å². The van der Waals surface area contributed by atoms with E-state index in [0.717, 1.165) is 10.2 Å². The number of fused-ring (bicyclic) bond motifs is 1. The molecule has 0 spiro atoms. The lowest BCUT2D eigenvalue weighted by atomic mass is 10.0. The van der Waals surface area contributed by atoms with Crippen LogP contribution in [0, 0.1) is 5.82 Å². The molecule has 1 amide bonds. The van der Waals surface area contributed by atoms with Gasteiger partial charge in [-0.2, -0.15) is 27.3 Å². The van der Waals surface area contributed by atoms with Gasteiger partial charge in [0.25, 0.3) is 0 Å².